The van der Waals surface area contributed by atoms with Gasteiger partial charge in [0.2, 0.25) is 0 Å². The number of aryl methyl sites for hydroxylation is 3. The summed E-state index contributed by atoms with van der Waals surface area (Å²) in [6.45, 7) is 2.18. The third kappa shape index (κ3) is 5.30. The normalized spacial score (nSPS) is 10.6. The summed E-state index contributed by atoms with van der Waals surface area (Å²) in [7, 11) is 0. The standard InChI is InChI=1S/C26H26FN/c1-2-3-4-5-21-9-17-25(26(27)18-21)16-8-20-6-12-23(13-7-20)24-14-10-22(19-28)11-15-24/h6-7,9-15,17-18H,2-5,8,16H2,1H3. The Morgan fingerprint density at radius 2 is 1.39 bits per heavy atom. The Kier molecular flexibility index (Phi) is 6.98. The number of benzene rings is 3. The second-order valence-electron chi connectivity index (χ2n) is 7.27. The molecule has 3 aromatic carbocycles. The maximum Gasteiger partial charge on any atom is 0.126 e. The first-order valence-electron chi connectivity index (χ1n) is 10.1. The van der Waals surface area contributed by atoms with E-state index in [1.165, 1.54) is 18.4 Å². The number of nitrogens with zero attached hydrogens (tertiary/aromatic N) is 1. The topological polar surface area (TPSA) is 23.8 Å². The molecule has 0 saturated heterocycles. The van der Waals surface area contributed by atoms with Gasteiger partial charge in [0.1, 0.15) is 5.82 Å². The lowest BCUT2D eigenvalue weighted by Gasteiger charge is -2.08. The average Bonchev–Trinajstić information content (AvgIpc) is 2.74. The van der Waals surface area contributed by atoms with Crippen LogP contribution < -0.4 is 0 Å². The first kappa shape index (κ1) is 19.8. The quantitative estimate of drug-likeness (QED) is 0.396. The van der Waals surface area contributed by atoms with Gasteiger partial charge in [0.25, 0.3) is 0 Å². The smallest absolute Gasteiger partial charge is 0.126 e. The summed E-state index contributed by atoms with van der Waals surface area (Å²) in [6.07, 6.45) is 5.99. The van der Waals surface area contributed by atoms with E-state index in [0.29, 0.717) is 12.0 Å². The fourth-order valence-corrected chi connectivity index (χ4v) is 3.41. The van der Waals surface area contributed by atoms with E-state index in [2.05, 4.69) is 43.3 Å². The molecule has 3 aromatic rings. The van der Waals surface area contributed by atoms with Gasteiger partial charge in [-0.1, -0.05) is 68.3 Å². The average molecular weight is 371 g/mol. The molecular formula is C26H26FN. The Bertz CT molecular complexity index is 934. The van der Waals surface area contributed by atoms with Crippen molar-refractivity contribution in [3.8, 4) is 17.2 Å². The van der Waals surface area contributed by atoms with Crippen molar-refractivity contribution in [2.45, 2.75) is 45.4 Å². The van der Waals surface area contributed by atoms with Crippen molar-refractivity contribution in [3.05, 3.63) is 94.8 Å². The molecule has 3 rings (SSSR count). The van der Waals surface area contributed by atoms with Crippen LogP contribution in [0, 0.1) is 17.1 Å². The fraction of sp³-hybridized carbons (Fsp3) is 0.269. The highest BCUT2D eigenvalue weighted by Crippen LogP contribution is 2.21. The van der Waals surface area contributed by atoms with Crippen LogP contribution in [-0.4, -0.2) is 0 Å². The van der Waals surface area contributed by atoms with Crippen molar-refractivity contribution in [1.29, 1.82) is 5.26 Å². The van der Waals surface area contributed by atoms with Crippen LogP contribution in [0.25, 0.3) is 11.1 Å². The van der Waals surface area contributed by atoms with Gasteiger partial charge in [0.15, 0.2) is 0 Å². The third-order valence-electron chi connectivity index (χ3n) is 5.17. The van der Waals surface area contributed by atoms with Crippen molar-refractivity contribution in [2.75, 3.05) is 0 Å². The van der Waals surface area contributed by atoms with Gasteiger partial charge in [0, 0.05) is 0 Å². The SMILES string of the molecule is CCCCCc1ccc(CCc2ccc(-c3ccc(C#N)cc3)cc2)c(F)c1. The predicted molar refractivity (Wildman–Crippen MR) is 114 cm³/mol. The van der Waals surface area contributed by atoms with Crippen LogP contribution in [0.3, 0.4) is 0 Å². The molecule has 0 bridgehead atoms. The molecule has 0 unspecified atom stereocenters. The number of hydrogen-bond donors (Lipinski definition) is 0. The summed E-state index contributed by atoms with van der Waals surface area (Å²) in [4.78, 5) is 0. The van der Waals surface area contributed by atoms with Crippen LogP contribution in [-0.2, 0) is 19.3 Å². The largest absolute Gasteiger partial charge is 0.207 e. The third-order valence-corrected chi connectivity index (χ3v) is 5.17. The molecule has 0 amide bonds. The number of nitriles is 1. The lowest BCUT2D eigenvalue weighted by Crippen LogP contribution is -1.97. The summed E-state index contributed by atoms with van der Waals surface area (Å²) in [5, 5.41) is 8.89. The summed E-state index contributed by atoms with van der Waals surface area (Å²) in [5.41, 5.74) is 5.96. The second kappa shape index (κ2) is 9.85. The summed E-state index contributed by atoms with van der Waals surface area (Å²) in [6, 6.07) is 23.8. The van der Waals surface area contributed by atoms with Crippen LogP contribution in [0.4, 0.5) is 4.39 Å². The Balaban J connectivity index is 1.59. The molecule has 0 aliphatic heterocycles. The van der Waals surface area contributed by atoms with Gasteiger partial charge in [-0.3, -0.25) is 0 Å². The minimum absolute atomic E-state index is 0.0804. The van der Waals surface area contributed by atoms with Crippen LogP contribution in [0.5, 0.6) is 0 Å². The maximum absolute atomic E-state index is 14.4. The lowest BCUT2D eigenvalue weighted by atomic mass is 9.98. The van der Waals surface area contributed by atoms with Crippen LogP contribution in [0.15, 0.2) is 66.7 Å². The molecule has 0 N–H and O–H groups in total. The zero-order valence-electron chi connectivity index (χ0n) is 16.4. The first-order chi connectivity index (χ1) is 13.7. The van der Waals surface area contributed by atoms with Crippen molar-refractivity contribution >= 4 is 0 Å². The van der Waals surface area contributed by atoms with Gasteiger partial charge in [-0.15, -0.1) is 0 Å². The Hall–Kier alpha value is -2.92. The molecule has 1 nitrogen and oxygen atoms in total. The van der Waals surface area contributed by atoms with E-state index in [1.807, 2.05) is 30.3 Å². The van der Waals surface area contributed by atoms with E-state index in [1.54, 1.807) is 6.07 Å². The molecule has 0 fully saturated rings. The van der Waals surface area contributed by atoms with E-state index in [9.17, 15) is 4.39 Å². The Morgan fingerprint density at radius 3 is 2.00 bits per heavy atom. The highest BCUT2D eigenvalue weighted by atomic mass is 19.1. The lowest BCUT2D eigenvalue weighted by molar-refractivity contribution is 0.604. The van der Waals surface area contributed by atoms with E-state index in [4.69, 9.17) is 5.26 Å². The van der Waals surface area contributed by atoms with E-state index >= 15 is 0 Å². The molecule has 0 atom stereocenters. The van der Waals surface area contributed by atoms with Crippen molar-refractivity contribution < 1.29 is 4.39 Å². The van der Waals surface area contributed by atoms with Crippen molar-refractivity contribution in [1.82, 2.24) is 0 Å². The zero-order valence-corrected chi connectivity index (χ0v) is 16.4. The monoisotopic (exact) mass is 371 g/mol. The van der Waals surface area contributed by atoms with Gasteiger partial charge in [-0.25, -0.2) is 4.39 Å². The molecule has 0 aliphatic rings. The van der Waals surface area contributed by atoms with Crippen LogP contribution in [0.1, 0.15) is 48.4 Å². The number of rotatable bonds is 8. The van der Waals surface area contributed by atoms with E-state index in [-0.39, 0.29) is 5.82 Å². The van der Waals surface area contributed by atoms with Crippen LogP contribution >= 0.6 is 0 Å². The predicted octanol–water partition coefficient (Wildman–Crippen LogP) is 6.88. The van der Waals surface area contributed by atoms with Crippen molar-refractivity contribution in [2.24, 2.45) is 0 Å². The molecular weight excluding hydrogens is 345 g/mol. The number of hydrogen-bond acceptors (Lipinski definition) is 1. The first-order valence-corrected chi connectivity index (χ1v) is 10.1. The van der Waals surface area contributed by atoms with Gasteiger partial charge in [-0.05, 0) is 71.7 Å². The summed E-state index contributed by atoms with van der Waals surface area (Å²) >= 11 is 0. The maximum atomic E-state index is 14.4. The molecule has 0 heterocycles. The minimum Gasteiger partial charge on any atom is -0.207 e. The minimum atomic E-state index is -0.0804. The molecule has 0 aromatic heterocycles. The second-order valence-corrected chi connectivity index (χ2v) is 7.27. The van der Waals surface area contributed by atoms with Crippen LogP contribution in [0.2, 0.25) is 0 Å². The molecule has 0 saturated carbocycles. The molecule has 0 aliphatic carbocycles. The highest BCUT2D eigenvalue weighted by Gasteiger charge is 2.05. The van der Waals surface area contributed by atoms with E-state index in [0.717, 1.165) is 41.5 Å². The fourth-order valence-electron chi connectivity index (χ4n) is 3.41. The van der Waals surface area contributed by atoms with Gasteiger partial charge >= 0.3 is 0 Å². The van der Waals surface area contributed by atoms with Crippen molar-refractivity contribution in [3.63, 3.8) is 0 Å². The zero-order chi connectivity index (χ0) is 19.8. The van der Waals surface area contributed by atoms with E-state index < -0.39 is 0 Å². The molecule has 2 heteroatoms. The molecule has 28 heavy (non-hydrogen) atoms. The summed E-state index contributed by atoms with van der Waals surface area (Å²) in [5.74, 6) is -0.0804. The molecule has 0 spiro atoms. The molecule has 142 valence electrons. The van der Waals surface area contributed by atoms with Gasteiger partial charge < -0.3 is 0 Å². The number of halogens is 1. The summed E-state index contributed by atoms with van der Waals surface area (Å²) < 4.78 is 14.4. The molecule has 0 radical (unpaired) electrons. The van der Waals surface area contributed by atoms with Gasteiger partial charge in [-0.2, -0.15) is 5.26 Å². The van der Waals surface area contributed by atoms with Gasteiger partial charge in [0.05, 0.1) is 11.6 Å². The Labute approximate surface area is 167 Å². The number of unbranched alkanes of at least 4 members (excludes halogenated alkanes) is 2. The highest BCUT2D eigenvalue weighted by molar-refractivity contribution is 5.64. The Morgan fingerprint density at radius 1 is 0.750 bits per heavy atom.